The van der Waals surface area contributed by atoms with Crippen LogP contribution in [0.4, 0.5) is 37.6 Å². The maximum absolute atomic E-state index is 14.7. The summed E-state index contributed by atoms with van der Waals surface area (Å²) in [6, 6.07) is 8.17. The average Bonchev–Trinajstić information content (AvgIpc) is 3.33. The third-order valence-electron chi connectivity index (χ3n) is 5.11. The number of hydrogen-bond donors (Lipinski definition) is 3. The normalized spacial score (nSPS) is 10.7. The van der Waals surface area contributed by atoms with Crippen LogP contribution in [0.3, 0.4) is 0 Å². The minimum atomic E-state index is -0.591. The summed E-state index contributed by atoms with van der Waals surface area (Å²) >= 11 is 5.99. The SMILES string of the molecule is C=CC(=O)Nc1ccc(F)c(Nc2nc(Nc3cnn(CCOC)c3)ncc2-c2ccc(F)c(Cl)c2)c1. The first-order valence-electron chi connectivity index (χ1n) is 11.0. The molecule has 2 aromatic heterocycles. The van der Waals surface area contributed by atoms with Gasteiger partial charge in [-0.3, -0.25) is 9.48 Å². The molecule has 9 nitrogen and oxygen atoms in total. The van der Waals surface area contributed by atoms with E-state index in [-0.39, 0.29) is 22.5 Å². The van der Waals surface area contributed by atoms with Crippen LogP contribution >= 0.6 is 11.6 Å². The van der Waals surface area contributed by atoms with E-state index in [4.69, 9.17) is 16.3 Å². The van der Waals surface area contributed by atoms with E-state index in [0.29, 0.717) is 35.7 Å². The average molecular weight is 526 g/mol. The summed E-state index contributed by atoms with van der Waals surface area (Å²) in [4.78, 5) is 20.5. The number of anilines is 5. The van der Waals surface area contributed by atoms with Crippen molar-refractivity contribution < 1.29 is 18.3 Å². The van der Waals surface area contributed by atoms with E-state index < -0.39 is 17.5 Å². The maximum Gasteiger partial charge on any atom is 0.247 e. The number of rotatable bonds is 10. The number of amides is 1. The minimum Gasteiger partial charge on any atom is -0.383 e. The lowest BCUT2D eigenvalue weighted by atomic mass is 10.1. The van der Waals surface area contributed by atoms with E-state index in [2.05, 4.69) is 37.6 Å². The second-order valence-corrected chi connectivity index (χ2v) is 8.11. The molecule has 0 aliphatic rings. The summed E-state index contributed by atoms with van der Waals surface area (Å²) in [6.45, 7) is 4.47. The van der Waals surface area contributed by atoms with Crippen molar-refractivity contribution in [1.29, 1.82) is 0 Å². The molecule has 0 radical (unpaired) electrons. The molecule has 0 fully saturated rings. The number of hydrogen-bond acceptors (Lipinski definition) is 7. The van der Waals surface area contributed by atoms with Gasteiger partial charge < -0.3 is 20.7 Å². The van der Waals surface area contributed by atoms with E-state index in [9.17, 15) is 13.6 Å². The molecule has 0 spiro atoms. The zero-order chi connectivity index (χ0) is 26.4. The maximum atomic E-state index is 14.7. The topological polar surface area (TPSA) is 106 Å². The smallest absolute Gasteiger partial charge is 0.247 e. The molecule has 0 saturated heterocycles. The van der Waals surface area contributed by atoms with Crippen molar-refractivity contribution in [2.45, 2.75) is 6.54 Å². The van der Waals surface area contributed by atoms with Gasteiger partial charge in [-0.25, -0.2) is 13.8 Å². The number of ether oxygens (including phenoxy) is 1. The lowest BCUT2D eigenvalue weighted by Gasteiger charge is -2.15. The summed E-state index contributed by atoms with van der Waals surface area (Å²) in [6.07, 6.45) is 5.96. The van der Waals surface area contributed by atoms with E-state index in [1.165, 1.54) is 42.6 Å². The molecule has 37 heavy (non-hydrogen) atoms. The van der Waals surface area contributed by atoms with Gasteiger partial charge in [-0.1, -0.05) is 24.2 Å². The van der Waals surface area contributed by atoms with Gasteiger partial charge >= 0.3 is 0 Å². The van der Waals surface area contributed by atoms with Crippen LogP contribution in [0.2, 0.25) is 5.02 Å². The molecule has 0 atom stereocenters. The van der Waals surface area contributed by atoms with Crippen molar-refractivity contribution in [3.63, 3.8) is 0 Å². The van der Waals surface area contributed by atoms with Gasteiger partial charge in [0.15, 0.2) is 0 Å². The Morgan fingerprint density at radius 1 is 1.14 bits per heavy atom. The Hall–Kier alpha value is -4.35. The van der Waals surface area contributed by atoms with Crippen molar-refractivity contribution in [2.75, 3.05) is 29.7 Å². The van der Waals surface area contributed by atoms with Gasteiger partial charge in [0.25, 0.3) is 0 Å². The Kier molecular flexibility index (Phi) is 8.06. The van der Waals surface area contributed by atoms with Crippen LogP contribution in [0.5, 0.6) is 0 Å². The predicted octanol–water partition coefficient (Wildman–Crippen LogP) is 5.53. The summed E-state index contributed by atoms with van der Waals surface area (Å²) < 4.78 is 35.3. The quantitative estimate of drug-likeness (QED) is 0.234. The number of carbonyl (C=O) groups is 1. The third-order valence-corrected chi connectivity index (χ3v) is 5.40. The fourth-order valence-electron chi connectivity index (χ4n) is 3.30. The van der Waals surface area contributed by atoms with Crippen LogP contribution in [-0.2, 0) is 16.1 Å². The van der Waals surface area contributed by atoms with Gasteiger partial charge in [0.1, 0.15) is 17.5 Å². The molecule has 1 amide bonds. The lowest BCUT2D eigenvalue weighted by Crippen LogP contribution is -2.08. The number of aromatic nitrogens is 4. The number of halogens is 3. The fraction of sp³-hybridized carbons (Fsp3) is 0.120. The highest BCUT2D eigenvalue weighted by atomic mass is 35.5. The molecule has 4 aromatic rings. The van der Waals surface area contributed by atoms with Crippen molar-refractivity contribution in [2.24, 2.45) is 0 Å². The Morgan fingerprint density at radius 2 is 1.95 bits per heavy atom. The molecule has 12 heteroatoms. The van der Waals surface area contributed by atoms with Crippen LogP contribution in [0.15, 0.2) is 67.6 Å². The molecule has 3 N–H and O–H groups in total. The second-order valence-electron chi connectivity index (χ2n) is 7.71. The molecule has 0 saturated carbocycles. The van der Waals surface area contributed by atoms with Crippen LogP contribution in [-0.4, -0.2) is 39.4 Å². The third kappa shape index (κ3) is 6.46. The van der Waals surface area contributed by atoms with Crippen molar-refractivity contribution >= 4 is 46.3 Å². The van der Waals surface area contributed by atoms with E-state index in [1.54, 1.807) is 24.2 Å². The van der Waals surface area contributed by atoms with Gasteiger partial charge in [-0.2, -0.15) is 10.1 Å². The lowest BCUT2D eigenvalue weighted by molar-refractivity contribution is -0.111. The second kappa shape index (κ2) is 11.6. The van der Waals surface area contributed by atoms with Crippen LogP contribution < -0.4 is 16.0 Å². The van der Waals surface area contributed by atoms with Gasteiger partial charge in [0, 0.05) is 30.8 Å². The van der Waals surface area contributed by atoms with Crippen molar-refractivity contribution in [1.82, 2.24) is 19.7 Å². The molecule has 4 rings (SSSR count). The fourth-order valence-corrected chi connectivity index (χ4v) is 3.48. The monoisotopic (exact) mass is 525 g/mol. The molecule has 2 aromatic carbocycles. The first kappa shape index (κ1) is 25.7. The van der Waals surface area contributed by atoms with E-state index in [0.717, 1.165) is 6.08 Å². The Balaban J connectivity index is 1.70. The van der Waals surface area contributed by atoms with Gasteiger partial charge in [0.2, 0.25) is 11.9 Å². The van der Waals surface area contributed by atoms with Crippen LogP contribution in [0, 0.1) is 11.6 Å². The summed E-state index contributed by atoms with van der Waals surface area (Å²) in [5.41, 5.74) is 1.94. The van der Waals surface area contributed by atoms with E-state index in [1.807, 2.05) is 0 Å². The molecule has 190 valence electrons. The molecular weight excluding hydrogens is 504 g/mol. The van der Waals surface area contributed by atoms with E-state index >= 15 is 0 Å². The number of benzene rings is 2. The van der Waals surface area contributed by atoms with Gasteiger partial charge in [-0.05, 0) is 42.0 Å². The Labute approximate surface area is 216 Å². The number of carbonyl (C=O) groups excluding carboxylic acids is 1. The largest absolute Gasteiger partial charge is 0.383 e. The zero-order valence-corrected chi connectivity index (χ0v) is 20.4. The molecule has 2 heterocycles. The molecule has 0 unspecified atom stereocenters. The number of methoxy groups -OCH3 is 1. The molecular formula is C25H22ClF2N7O2. The molecule has 0 aliphatic heterocycles. The van der Waals surface area contributed by atoms with Crippen molar-refractivity contribution in [3.05, 3.63) is 84.3 Å². The minimum absolute atomic E-state index is 0.0355. The van der Waals surface area contributed by atoms with Gasteiger partial charge in [-0.15, -0.1) is 0 Å². The van der Waals surface area contributed by atoms with Crippen LogP contribution in [0.25, 0.3) is 11.1 Å². The highest BCUT2D eigenvalue weighted by Gasteiger charge is 2.15. The van der Waals surface area contributed by atoms with Gasteiger partial charge in [0.05, 0.1) is 35.7 Å². The highest BCUT2D eigenvalue weighted by Crippen LogP contribution is 2.33. The standard InChI is InChI=1S/C25H22ClF2N7O2/c1-3-23(36)31-16-5-7-21(28)22(11-16)33-24-18(15-4-6-20(27)19(26)10-15)13-29-25(34-24)32-17-12-30-35(14-17)8-9-37-2/h3-7,10-14H,1,8-9H2,2H3,(H,31,36)(H2,29,32,33,34). The zero-order valence-electron chi connectivity index (χ0n) is 19.6. The first-order valence-corrected chi connectivity index (χ1v) is 11.3. The Bertz CT molecular complexity index is 1440. The summed E-state index contributed by atoms with van der Waals surface area (Å²) in [5, 5.41) is 12.7. The Morgan fingerprint density at radius 3 is 2.70 bits per heavy atom. The molecule has 0 bridgehead atoms. The number of nitrogens with zero attached hydrogens (tertiary/aromatic N) is 4. The number of nitrogens with one attached hydrogen (secondary N) is 3. The molecule has 0 aliphatic carbocycles. The summed E-state index contributed by atoms with van der Waals surface area (Å²) in [7, 11) is 1.60. The van der Waals surface area contributed by atoms with Crippen molar-refractivity contribution in [3.8, 4) is 11.1 Å². The predicted molar refractivity (Wildman–Crippen MR) is 138 cm³/mol. The van der Waals surface area contributed by atoms with Crippen LogP contribution in [0.1, 0.15) is 0 Å². The summed E-state index contributed by atoms with van der Waals surface area (Å²) in [5.74, 6) is -1.22. The first-order chi connectivity index (χ1) is 17.9. The highest BCUT2D eigenvalue weighted by molar-refractivity contribution is 6.31.